The van der Waals surface area contributed by atoms with Gasteiger partial charge in [0.1, 0.15) is 0 Å². The van der Waals surface area contributed by atoms with Crippen LogP contribution in [0, 0.1) is 5.41 Å². The fraction of sp³-hybridized carbons (Fsp3) is 0.909. The van der Waals surface area contributed by atoms with Gasteiger partial charge in [-0.15, -0.1) is 0 Å². The molecular weight excluding hydrogens is 208 g/mol. The second kappa shape index (κ2) is 4.69. The van der Waals surface area contributed by atoms with E-state index in [2.05, 4.69) is 17.6 Å². The van der Waals surface area contributed by atoms with Gasteiger partial charge in [0.2, 0.25) is 5.91 Å². The van der Waals surface area contributed by atoms with E-state index in [4.69, 9.17) is 9.47 Å². The van der Waals surface area contributed by atoms with Gasteiger partial charge in [0.25, 0.3) is 0 Å². The van der Waals surface area contributed by atoms with Gasteiger partial charge in [0.05, 0.1) is 25.4 Å². The van der Waals surface area contributed by atoms with Crippen LogP contribution >= 0.6 is 0 Å². The van der Waals surface area contributed by atoms with Crippen LogP contribution in [-0.4, -0.2) is 51.5 Å². The SMILES string of the molecule is COC1CNC(C(=O)NCC2(C)COC2)C1. The molecule has 2 atom stereocenters. The van der Waals surface area contributed by atoms with Gasteiger partial charge in [-0.05, 0) is 6.42 Å². The van der Waals surface area contributed by atoms with Crippen LogP contribution in [0.1, 0.15) is 13.3 Å². The zero-order valence-corrected chi connectivity index (χ0v) is 9.91. The Morgan fingerprint density at radius 3 is 2.88 bits per heavy atom. The van der Waals surface area contributed by atoms with Crippen molar-refractivity contribution in [1.29, 1.82) is 0 Å². The number of rotatable bonds is 4. The topological polar surface area (TPSA) is 59.6 Å². The standard InChI is InChI=1S/C11H20N2O3/c1-11(6-16-7-11)5-13-10(14)9-3-8(15-2)4-12-9/h8-9,12H,3-7H2,1-2H3,(H,13,14). The maximum atomic E-state index is 11.8. The zero-order valence-electron chi connectivity index (χ0n) is 9.91. The first-order chi connectivity index (χ1) is 7.63. The van der Waals surface area contributed by atoms with Gasteiger partial charge in [-0.1, -0.05) is 6.92 Å². The lowest BCUT2D eigenvalue weighted by molar-refractivity contribution is -0.128. The Kier molecular flexibility index (Phi) is 3.47. The Morgan fingerprint density at radius 2 is 2.38 bits per heavy atom. The summed E-state index contributed by atoms with van der Waals surface area (Å²) in [6.45, 7) is 5.06. The van der Waals surface area contributed by atoms with Gasteiger partial charge in [-0.2, -0.15) is 0 Å². The third-order valence-electron chi connectivity index (χ3n) is 3.33. The predicted molar refractivity (Wildman–Crippen MR) is 59.1 cm³/mol. The summed E-state index contributed by atoms with van der Waals surface area (Å²) in [5.74, 6) is 0.0766. The van der Waals surface area contributed by atoms with Gasteiger partial charge in [0.15, 0.2) is 0 Å². The van der Waals surface area contributed by atoms with E-state index in [0.29, 0.717) is 6.54 Å². The molecular formula is C11H20N2O3. The fourth-order valence-corrected chi connectivity index (χ4v) is 2.06. The van der Waals surface area contributed by atoms with Crippen molar-refractivity contribution in [2.75, 3.05) is 33.4 Å². The molecule has 0 bridgehead atoms. The van der Waals surface area contributed by atoms with Crippen molar-refractivity contribution in [3.05, 3.63) is 0 Å². The van der Waals surface area contributed by atoms with Crippen LogP contribution in [-0.2, 0) is 14.3 Å². The van der Waals surface area contributed by atoms with Gasteiger partial charge in [-0.25, -0.2) is 0 Å². The smallest absolute Gasteiger partial charge is 0.237 e. The summed E-state index contributed by atoms with van der Waals surface area (Å²) in [6.07, 6.45) is 0.925. The summed E-state index contributed by atoms with van der Waals surface area (Å²) in [5, 5.41) is 6.14. The first kappa shape index (κ1) is 11.8. The van der Waals surface area contributed by atoms with E-state index in [1.165, 1.54) is 0 Å². The van der Waals surface area contributed by atoms with E-state index >= 15 is 0 Å². The molecule has 0 radical (unpaired) electrons. The average molecular weight is 228 g/mol. The predicted octanol–water partition coefficient (Wildman–Crippen LogP) is -0.484. The summed E-state index contributed by atoms with van der Waals surface area (Å²) >= 11 is 0. The molecule has 16 heavy (non-hydrogen) atoms. The summed E-state index contributed by atoms with van der Waals surface area (Å²) in [5.41, 5.74) is 0.134. The summed E-state index contributed by atoms with van der Waals surface area (Å²) in [7, 11) is 1.68. The molecule has 0 aliphatic carbocycles. The Balaban J connectivity index is 1.72. The average Bonchev–Trinajstić information content (AvgIpc) is 2.71. The molecule has 2 heterocycles. The number of hydrogen-bond acceptors (Lipinski definition) is 4. The highest BCUT2D eigenvalue weighted by Gasteiger charge is 2.35. The molecule has 0 aromatic rings. The van der Waals surface area contributed by atoms with Crippen molar-refractivity contribution in [2.45, 2.75) is 25.5 Å². The second-order valence-corrected chi connectivity index (χ2v) is 5.08. The molecule has 92 valence electrons. The van der Waals surface area contributed by atoms with Crippen molar-refractivity contribution >= 4 is 5.91 Å². The minimum atomic E-state index is -0.102. The Morgan fingerprint density at radius 1 is 1.62 bits per heavy atom. The number of nitrogens with one attached hydrogen (secondary N) is 2. The molecule has 2 saturated heterocycles. The monoisotopic (exact) mass is 228 g/mol. The molecule has 2 unspecified atom stereocenters. The second-order valence-electron chi connectivity index (χ2n) is 5.08. The van der Waals surface area contributed by atoms with Gasteiger partial charge >= 0.3 is 0 Å². The lowest BCUT2D eigenvalue weighted by Gasteiger charge is -2.38. The van der Waals surface area contributed by atoms with Crippen LogP contribution < -0.4 is 10.6 Å². The van der Waals surface area contributed by atoms with E-state index in [9.17, 15) is 4.79 Å². The van der Waals surface area contributed by atoms with E-state index < -0.39 is 0 Å². The molecule has 2 fully saturated rings. The van der Waals surface area contributed by atoms with E-state index in [1.54, 1.807) is 7.11 Å². The van der Waals surface area contributed by atoms with E-state index in [1.807, 2.05) is 0 Å². The Bertz CT molecular complexity index is 266. The van der Waals surface area contributed by atoms with Crippen LogP contribution in [0.25, 0.3) is 0 Å². The molecule has 5 heteroatoms. The van der Waals surface area contributed by atoms with Crippen LogP contribution in [0.2, 0.25) is 0 Å². The number of amides is 1. The molecule has 0 saturated carbocycles. The summed E-state index contributed by atoms with van der Waals surface area (Å²) in [6, 6.07) is -0.102. The quantitative estimate of drug-likeness (QED) is 0.682. The maximum Gasteiger partial charge on any atom is 0.237 e. The largest absolute Gasteiger partial charge is 0.380 e. The van der Waals surface area contributed by atoms with Gasteiger partial charge in [-0.3, -0.25) is 4.79 Å². The number of hydrogen-bond donors (Lipinski definition) is 2. The van der Waals surface area contributed by atoms with Crippen molar-refractivity contribution in [1.82, 2.24) is 10.6 Å². The number of carbonyl (C=O) groups excluding carboxylic acids is 1. The Hall–Kier alpha value is -0.650. The molecule has 2 aliphatic rings. The van der Waals surface area contributed by atoms with E-state index in [-0.39, 0.29) is 23.5 Å². The summed E-state index contributed by atoms with van der Waals surface area (Å²) < 4.78 is 10.3. The van der Waals surface area contributed by atoms with Crippen LogP contribution in [0.5, 0.6) is 0 Å². The Labute approximate surface area is 95.9 Å². The number of ether oxygens (including phenoxy) is 2. The lowest BCUT2D eigenvalue weighted by atomic mass is 9.88. The van der Waals surface area contributed by atoms with Crippen molar-refractivity contribution in [3.63, 3.8) is 0 Å². The minimum Gasteiger partial charge on any atom is -0.380 e. The van der Waals surface area contributed by atoms with Crippen LogP contribution in [0.4, 0.5) is 0 Å². The third-order valence-corrected chi connectivity index (χ3v) is 3.33. The van der Waals surface area contributed by atoms with E-state index in [0.717, 1.165) is 26.2 Å². The number of carbonyl (C=O) groups is 1. The number of methoxy groups -OCH3 is 1. The molecule has 2 N–H and O–H groups in total. The highest BCUT2D eigenvalue weighted by Crippen LogP contribution is 2.25. The fourth-order valence-electron chi connectivity index (χ4n) is 2.06. The van der Waals surface area contributed by atoms with Gasteiger partial charge < -0.3 is 20.1 Å². The minimum absolute atomic E-state index is 0.0766. The van der Waals surface area contributed by atoms with Crippen LogP contribution in [0.15, 0.2) is 0 Å². The van der Waals surface area contributed by atoms with Crippen LogP contribution in [0.3, 0.4) is 0 Å². The highest BCUT2D eigenvalue weighted by atomic mass is 16.5. The summed E-state index contributed by atoms with van der Waals surface area (Å²) in [4.78, 5) is 11.8. The molecule has 5 nitrogen and oxygen atoms in total. The molecule has 0 aromatic heterocycles. The van der Waals surface area contributed by atoms with Crippen molar-refractivity contribution in [2.24, 2.45) is 5.41 Å². The first-order valence-corrected chi connectivity index (χ1v) is 5.75. The van der Waals surface area contributed by atoms with Crippen molar-refractivity contribution in [3.8, 4) is 0 Å². The first-order valence-electron chi connectivity index (χ1n) is 5.75. The lowest BCUT2D eigenvalue weighted by Crippen LogP contribution is -2.51. The molecule has 2 rings (SSSR count). The van der Waals surface area contributed by atoms with Crippen molar-refractivity contribution < 1.29 is 14.3 Å². The third kappa shape index (κ3) is 2.53. The normalized spacial score (nSPS) is 32.1. The molecule has 0 aromatic carbocycles. The zero-order chi connectivity index (χ0) is 11.6. The van der Waals surface area contributed by atoms with Gasteiger partial charge in [0, 0.05) is 25.6 Å². The molecule has 0 spiro atoms. The molecule has 2 aliphatic heterocycles. The maximum absolute atomic E-state index is 11.8. The molecule has 1 amide bonds. The highest BCUT2D eigenvalue weighted by molar-refractivity contribution is 5.82.